The number of aliphatic carboxylic acids is 1. The Bertz CT molecular complexity index is 358. The molecule has 0 radical (unpaired) electrons. The van der Waals surface area contributed by atoms with Crippen LogP contribution in [0.3, 0.4) is 0 Å². The standard InChI is InChI=1S/C12H15NO4/c1-2-9-17-12(16)13-7-5-10(6-8-13)3-4-11(14)15/h2,10H,1,5-9H2,(H,14,15). The predicted octanol–water partition coefficient (Wildman–Crippen LogP) is 1.11. The van der Waals surface area contributed by atoms with E-state index in [0.29, 0.717) is 25.9 Å². The number of rotatable bonds is 2. The Morgan fingerprint density at radius 3 is 2.65 bits per heavy atom. The normalized spacial score (nSPS) is 15.6. The molecule has 0 bridgehead atoms. The Balaban J connectivity index is 2.36. The van der Waals surface area contributed by atoms with Gasteiger partial charge in [-0.2, -0.15) is 0 Å². The van der Waals surface area contributed by atoms with E-state index in [2.05, 4.69) is 18.4 Å². The van der Waals surface area contributed by atoms with Crippen LogP contribution >= 0.6 is 0 Å². The Morgan fingerprint density at radius 1 is 1.47 bits per heavy atom. The quantitative estimate of drug-likeness (QED) is 0.577. The second-order valence-electron chi connectivity index (χ2n) is 3.70. The molecule has 1 amide bonds. The van der Waals surface area contributed by atoms with Gasteiger partial charge in [-0.25, -0.2) is 9.59 Å². The number of hydrogen-bond donors (Lipinski definition) is 1. The van der Waals surface area contributed by atoms with Crippen LogP contribution in [0.15, 0.2) is 12.7 Å². The highest BCUT2D eigenvalue weighted by Gasteiger charge is 2.22. The first-order valence-electron chi connectivity index (χ1n) is 5.40. The number of nitrogens with zero attached hydrogens (tertiary/aromatic N) is 1. The topological polar surface area (TPSA) is 66.8 Å². The summed E-state index contributed by atoms with van der Waals surface area (Å²) in [4.78, 5) is 23.3. The molecule has 0 aliphatic carbocycles. The minimum absolute atomic E-state index is 0.0505. The van der Waals surface area contributed by atoms with Gasteiger partial charge in [0.15, 0.2) is 0 Å². The molecule has 1 fully saturated rings. The number of ether oxygens (including phenoxy) is 1. The van der Waals surface area contributed by atoms with Crippen molar-refractivity contribution in [3.8, 4) is 11.8 Å². The fourth-order valence-electron chi connectivity index (χ4n) is 1.59. The molecule has 1 rings (SSSR count). The number of likely N-dealkylation sites (tertiary alicyclic amines) is 1. The van der Waals surface area contributed by atoms with E-state index in [1.54, 1.807) is 4.90 Å². The van der Waals surface area contributed by atoms with Crippen molar-refractivity contribution in [2.24, 2.45) is 5.92 Å². The van der Waals surface area contributed by atoms with Crippen LogP contribution in [0, 0.1) is 17.8 Å². The van der Waals surface area contributed by atoms with E-state index in [1.807, 2.05) is 0 Å². The number of carbonyl (C=O) groups excluding carboxylic acids is 1. The third-order valence-corrected chi connectivity index (χ3v) is 2.46. The number of hydrogen-bond acceptors (Lipinski definition) is 3. The number of carboxylic acids is 1. The molecule has 92 valence electrons. The number of amides is 1. The Hall–Kier alpha value is -1.96. The van der Waals surface area contributed by atoms with E-state index in [0.717, 1.165) is 0 Å². The van der Waals surface area contributed by atoms with Crippen LogP contribution in [0.4, 0.5) is 4.79 Å². The molecular formula is C12H15NO4. The molecule has 5 nitrogen and oxygen atoms in total. The summed E-state index contributed by atoms with van der Waals surface area (Å²) in [5.74, 6) is 3.73. The van der Waals surface area contributed by atoms with Crippen molar-refractivity contribution in [3.05, 3.63) is 12.7 Å². The summed E-state index contributed by atoms with van der Waals surface area (Å²) < 4.78 is 4.90. The van der Waals surface area contributed by atoms with Gasteiger partial charge in [0.2, 0.25) is 0 Å². The van der Waals surface area contributed by atoms with Crippen LogP contribution < -0.4 is 0 Å². The molecule has 0 aromatic carbocycles. The minimum atomic E-state index is -1.11. The lowest BCUT2D eigenvalue weighted by molar-refractivity contribution is -0.130. The lowest BCUT2D eigenvalue weighted by Gasteiger charge is -2.28. The highest BCUT2D eigenvalue weighted by molar-refractivity contribution is 5.86. The van der Waals surface area contributed by atoms with Crippen LogP contribution in [0.25, 0.3) is 0 Å². The molecule has 0 spiro atoms. The second kappa shape index (κ2) is 6.59. The maximum atomic E-state index is 11.5. The van der Waals surface area contributed by atoms with Gasteiger partial charge in [0.05, 0.1) is 0 Å². The van der Waals surface area contributed by atoms with Crippen molar-refractivity contribution < 1.29 is 19.4 Å². The van der Waals surface area contributed by atoms with Crippen LogP contribution in [-0.4, -0.2) is 41.8 Å². The lowest BCUT2D eigenvalue weighted by atomic mass is 9.98. The summed E-state index contributed by atoms with van der Waals surface area (Å²) in [5, 5.41) is 8.41. The fourth-order valence-corrected chi connectivity index (χ4v) is 1.59. The predicted molar refractivity (Wildman–Crippen MR) is 61.3 cm³/mol. The summed E-state index contributed by atoms with van der Waals surface area (Å²) in [5.41, 5.74) is 0. The largest absolute Gasteiger partial charge is 0.472 e. The summed E-state index contributed by atoms with van der Waals surface area (Å²) >= 11 is 0. The zero-order chi connectivity index (χ0) is 12.7. The maximum Gasteiger partial charge on any atom is 0.410 e. The molecule has 0 unspecified atom stereocenters. The number of carboxylic acid groups (broad SMARTS) is 1. The average Bonchev–Trinajstić information content (AvgIpc) is 2.34. The fraction of sp³-hybridized carbons (Fsp3) is 0.500. The molecule has 5 heteroatoms. The molecule has 1 saturated heterocycles. The lowest BCUT2D eigenvalue weighted by Crippen LogP contribution is -2.38. The average molecular weight is 237 g/mol. The van der Waals surface area contributed by atoms with Crippen molar-refractivity contribution >= 4 is 12.1 Å². The molecule has 1 aliphatic rings. The van der Waals surface area contributed by atoms with Gasteiger partial charge in [-0.15, -0.1) is 0 Å². The van der Waals surface area contributed by atoms with Crippen LogP contribution in [0.1, 0.15) is 12.8 Å². The smallest absolute Gasteiger partial charge is 0.410 e. The van der Waals surface area contributed by atoms with Crippen molar-refractivity contribution in [1.29, 1.82) is 0 Å². The van der Waals surface area contributed by atoms with Gasteiger partial charge in [-0.05, 0) is 12.8 Å². The number of carbonyl (C=O) groups is 2. The first-order valence-corrected chi connectivity index (χ1v) is 5.40. The molecule has 1 N–H and O–H groups in total. The summed E-state index contributed by atoms with van der Waals surface area (Å²) in [6.07, 6.45) is 2.53. The Labute approximate surface area is 100 Å². The molecule has 0 aromatic rings. The van der Waals surface area contributed by atoms with Crippen LogP contribution in [0.5, 0.6) is 0 Å². The van der Waals surface area contributed by atoms with Crippen molar-refractivity contribution in [1.82, 2.24) is 4.90 Å². The van der Waals surface area contributed by atoms with Gasteiger partial charge < -0.3 is 14.7 Å². The van der Waals surface area contributed by atoms with Crippen LogP contribution in [-0.2, 0) is 9.53 Å². The van der Waals surface area contributed by atoms with Crippen LogP contribution in [0.2, 0.25) is 0 Å². The second-order valence-corrected chi connectivity index (χ2v) is 3.70. The molecule has 0 aromatic heterocycles. The SMILES string of the molecule is C=CCOC(=O)N1CCC(C#CC(=O)O)CC1. The first kappa shape index (κ1) is 13.1. The Morgan fingerprint density at radius 2 is 2.12 bits per heavy atom. The van der Waals surface area contributed by atoms with Gasteiger partial charge in [-0.1, -0.05) is 18.6 Å². The molecular weight excluding hydrogens is 222 g/mol. The summed E-state index contributed by atoms with van der Waals surface area (Å²) in [6.45, 7) is 4.77. The zero-order valence-corrected chi connectivity index (χ0v) is 9.52. The van der Waals surface area contributed by atoms with Gasteiger partial charge in [0, 0.05) is 24.9 Å². The molecule has 0 atom stereocenters. The van der Waals surface area contributed by atoms with Gasteiger partial charge >= 0.3 is 12.1 Å². The monoisotopic (exact) mass is 237 g/mol. The summed E-state index contributed by atoms with van der Waals surface area (Å²) in [7, 11) is 0. The van der Waals surface area contributed by atoms with E-state index >= 15 is 0 Å². The van der Waals surface area contributed by atoms with E-state index in [-0.39, 0.29) is 18.6 Å². The van der Waals surface area contributed by atoms with Crippen molar-refractivity contribution in [3.63, 3.8) is 0 Å². The van der Waals surface area contributed by atoms with Crippen molar-refractivity contribution in [2.75, 3.05) is 19.7 Å². The third kappa shape index (κ3) is 4.60. The molecule has 17 heavy (non-hydrogen) atoms. The minimum Gasteiger partial charge on any atom is -0.472 e. The number of piperidine rings is 1. The van der Waals surface area contributed by atoms with Gasteiger partial charge in [0.1, 0.15) is 6.61 Å². The van der Waals surface area contributed by atoms with E-state index in [4.69, 9.17) is 9.84 Å². The van der Waals surface area contributed by atoms with Gasteiger partial charge in [-0.3, -0.25) is 0 Å². The highest BCUT2D eigenvalue weighted by Crippen LogP contribution is 2.16. The zero-order valence-electron chi connectivity index (χ0n) is 9.52. The molecule has 1 aliphatic heterocycles. The van der Waals surface area contributed by atoms with Crippen molar-refractivity contribution in [2.45, 2.75) is 12.8 Å². The third-order valence-electron chi connectivity index (χ3n) is 2.46. The Kier molecular flexibility index (Phi) is 5.08. The summed E-state index contributed by atoms with van der Waals surface area (Å²) in [6, 6.07) is 0. The maximum absolute atomic E-state index is 11.5. The van der Waals surface area contributed by atoms with E-state index in [1.165, 1.54) is 6.08 Å². The van der Waals surface area contributed by atoms with E-state index < -0.39 is 5.97 Å². The van der Waals surface area contributed by atoms with Gasteiger partial charge in [0.25, 0.3) is 0 Å². The van der Waals surface area contributed by atoms with E-state index in [9.17, 15) is 9.59 Å². The first-order chi connectivity index (χ1) is 8.13. The highest BCUT2D eigenvalue weighted by atomic mass is 16.6. The molecule has 1 heterocycles. The molecule has 0 saturated carbocycles.